The predicted octanol–water partition coefficient (Wildman–Crippen LogP) is 1.99. The topological polar surface area (TPSA) is 126 Å². The van der Waals surface area contributed by atoms with Gasteiger partial charge in [0.05, 0.1) is 12.3 Å². The molecule has 1 unspecified atom stereocenters. The zero-order valence-corrected chi connectivity index (χ0v) is 18.2. The van der Waals surface area contributed by atoms with Crippen LogP contribution in [-0.2, 0) is 0 Å². The summed E-state index contributed by atoms with van der Waals surface area (Å²) in [7, 11) is 1.72. The van der Waals surface area contributed by atoms with E-state index in [1.54, 1.807) is 36.0 Å². The summed E-state index contributed by atoms with van der Waals surface area (Å²) in [5, 5.41) is 23.0. The largest absolute Gasteiger partial charge is 0.393 e. The van der Waals surface area contributed by atoms with Crippen molar-refractivity contribution in [1.29, 1.82) is 0 Å². The summed E-state index contributed by atoms with van der Waals surface area (Å²) >= 11 is 0. The molecule has 4 N–H and O–H groups in total. The Morgan fingerprint density at radius 3 is 2.79 bits per heavy atom. The number of nitrogens with zero attached hydrogens (tertiary/aromatic N) is 4. The van der Waals surface area contributed by atoms with Gasteiger partial charge >= 0.3 is 0 Å². The predicted molar refractivity (Wildman–Crippen MR) is 121 cm³/mol. The van der Waals surface area contributed by atoms with Crippen molar-refractivity contribution in [1.82, 2.24) is 24.5 Å². The number of aliphatic hydroxyl groups is 1. The van der Waals surface area contributed by atoms with Gasteiger partial charge in [0, 0.05) is 31.4 Å². The van der Waals surface area contributed by atoms with Gasteiger partial charge in [-0.05, 0) is 44.2 Å². The molecule has 2 aliphatic carbocycles. The van der Waals surface area contributed by atoms with Crippen LogP contribution >= 0.6 is 0 Å². The number of aliphatic hydroxyl groups excluding tert-OH is 1. The third-order valence-corrected chi connectivity index (χ3v) is 6.40. The Labute approximate surface area is 188 Å². The molecule has 0 radical (unpaired) electrons. The van der Waals surface area contributed by atoms with Gasteiger partial charge in [0.1, 0.15) is 29.1 Å². The zero-order valence-electron chi connectivity index (χ0n) is 18.2. The summed E-state index contributed by atoms with van der Waals surface area (Å²) in [4.78, 5) is 30.3. The Morgan fingerprint density at radius 2 is 2.09 bits per heavy atom. The van der Waals surface area contributed by atoms with Gasteiger partial charge in [-0.15, -0.1) is 0 Å². The highest BCUT2D eigenvalue weighted by molar-refractivity contribution is 6.00. The minimum absolute atomic E-state index is 0.0919. The van der Waals surface area contributed by atoms with Crippen molar-refractivity contribution >= 4 is 28.9 Å². The molecule has 174 valence electrons. The zero-order chi connectivity index (χ0) is 23.1. The van der Waals surface area contributed by atoms with Gasteiger partial charge in [-0.1, -0.05) is 0 Å². The number of hydrogen-bond donors (Lipinski definition) is 4. The van der Waals surface area contributed by atoms with E-state index in [1.165, 1.54) is 10.7 Å². The van der Waals surface area contributed by atoms with E-state index in [9.17, 15) is 19.1 Å². The van der Waals surface area contributed by atoms with Gasteiger partial charge in [0.15, 0.2) is 5.65 Å². The van der Waals surface area contributed by atoms with Crippen molar-refractivity contribution in [3.63, 3.8) is 0 Å². The van der Waals surface area contributed by atoms with Crippen LogP contribution in [-0.4, -0.2) is 55.5 Å². The van der Waals surface area contributed by atoms with E-state index in [2.05, 4.69) is 26.0 Å². The van der Waals surface area contributed by atoms with Gasteiger partial charge in [0.2, 0.25) is 0 Å². The van der Waals surface area contributed by atoms with E-state index in [0.29, 0.717) is 54.2 Å². The Hall–Kier alpha value is -3.47. The van der Waals surface area contributed by atoms with Crippen molar-refractivity contribution in [3.05, 3.63) is 46.5 Å². The van der Waals surface area contributed by atoms with E-state index in [4.69, 9.17) is 0 Å². The van der Waals surface area contributed by atoms with E-state index in [0.717, 1.165) is 6.42 Å². The molecule has 0 bridgehead atoms. The fourth-order valence-electron chi connectivity index (χ4n) is 4.50. The van der Waals surface area contributed by atoms with Crippen LogP contribution in [0.1, 0.15) is 48.5 Å². The number of halogens is 1. The highest BCUT2D eigenvalue weighted by Crippen LogP contribution is 2.33. The lowest BCUT2D eigenvalue weighted by Gasteiger charge is -2.31. The lowest BCUT2D eigenvalue weighted by Crippen LogP contribution is -2.35. The molecule has 33 heavy (non-hydrogen) atoms. The van der Waals surface area contributed by atoms with E-state index < -0.39 is 12.3 Å². The first-order valence-corrected chi connectivity index (χ1v) is 11.1. The minimum atomic E-state index is -0.861. The lowest BCUT2D eigenvalue weighted by molar-refractivity contribution is 0.0935. The van der Waals surface area contributed by atoms with Crippen LogP contribution in [0.25, 0.3) is 5.65 Å². The fraction of sp³-hybridized carbons (Fsp3) is 0.455. The monoisotopic (exact) mass is 455 g/mol. The number of nitrogens with one attached hydrogen (secondary N) is 3. The molecule has 3 heterocycles. The number of rotatable bonds is 6. The highest BCUT2D eigenvalue weighted by Gasteiger charge is 2.31. The van der Waals surface area contributed by atoms with Crippen LogP contribution in [0.3, 0.4) is 0 Å². The summed E-state index contributed by atoms with van der Waals surface area (Å²) in [6, 6.07) is 4.83. The maximum atomic E-state index is 13.3. The Balaban J connectivity index is 1.44. The molecule has 2 fully saturated rings. The SMILES string of the molecule is CNc1cc(Nc2cccn(C3CC(F)C3)c2=O)nc2c(C(=O)NC3CC[C@H](O)C3)cnn12. The van der Waals surface area contributed by atoms with Gasteiger partial charge < -0.3 is 25.6 Å². The number of aromatic nitrogens is 4. The number of carbonyl (C=O) groups excluding carboxylic acids is 1. The molecule has 0 aliphatic heterocycles. The molecule has 3 aromatic heterocycles. The summed E-state index contributed by atoms with van der Waals surface area (Å²) < 4.78 is 16.3. The van der Waals surface area contributed by atoms with Crippen LogP contribution in [0.4, 0.5) is 21.7 Å². The second kappa shape index (κ2) is 8.47. The number of hydrogen-bond acceptors (Lipinski definition) is 7. The standard InChI is InChI=1S/C22H26FN7O3/c1-24-19-10-18(27-17-3-2-6-29(22(17)33)14-7-12(23)8-14)28-20-16(11-25-30(19)20)21(32)26-13-4-5-15(31)9-13/h2-3,6,10-15,24,31H,4-5,7-9H2,1H3,(H,26,32)(H,27,28)/t12?,13?,14?,15-/m0/s1. The molecular formula is C22H26FN7O3. The van der Waals surface area contributed by atoms with E-state index in [1.807, 2.05) is 0 Å². The first kappa shape index (κ1) is 21.4. The number of anilines is 3. The fourth-order valence-corrected chi connectivity index (χ4v) is 4.50. The Kier molecular flexibility index (Phi) is 5.49. The van der Waals surface area contributed by atoms with Gasteiger partial charge in [0.25, 0.3) is 11.5 Å². The quantitative estimate of drug-likeness (QED) is 0.448. The average molecular weight is 455 g/mol. The number of pyridine rings is 1. The van der Waals surface area contributed by atoms with Crippen LogP contribution in [0, 0.1) is 0 Å². The third-order valence-electron chi connectivity index (χ3n) is 6.40. The van der Waals surface area contributed by atoms with Crippen LogP contribution < -0.4 is 21.5 Å². The van der Waals surface area contributed by atoms with Gasteiger partial charge in [-0.3, -0.25) is 9.59 Å². The average Bonchev–Trinajstić information content (AvgIpc) is 3.38. The number of fused-ring (bicyclic) bond motifs is 1. The summed E-state index contributed by atoms with van der Waals surface area (Å²) in [6.07, 6.45) is 4.45. The normalized spacial score (nSPS) is 24.5. The van der Waals surface area contributed by atoms with E-state index >= 15 is 0 Å². The maximum absolute atomic E-state index is 13.3. The van der Waals surface area contributed by atoms with Crippen LogP contribution in [0.15, 0.2) is 35.4 Å². The molecule has 2 atom stereocenters. The molecule has 3 aromatic rings. The summed E-state index contributed by atoms with van der Waals surface area (Å²) in [5.41, 5.74) is 0.680. The van der Waals surface area contributed by atoms with Crippen molar-refractivity contribution in [2.45, 2.75) is 56.5 Å². The lowest BCUT2D eigenvalue weighted by atomic mass is 9.90. The second-order valence-electron chi connectivity index (χ2n) is 8.69. The molecule has 5 rings (SSSR count). The second-order valence-corrected chi connectivity index (χ2v) is 8.69. The van der Waals surface area contributed by atoms with Crippen molar-refractivity contribution in [3.8, 4) is 0 Å². The Morgan fingerprint density at radius 1 is 1.27 bits per heavy atom. The molecule has 10 nitrogen and oxygen atoms in total. The first-order valence-electron chi connectivity index (χ1n) is 11.1. The molecule has 1 amide bonds. The smallest absolute Gasteiger partial charge is 0.274 e. The molecule has 0 aromatic carbocycles. The minimum Gasteiger partial charge on any atom is -0.393 e. The summed E-state index contributed by atoms with van der Waals surface area (Å²) in [5.74, 6) is 0.626. The molecule has 2 aliphatic rings. The van der Waals surface area contributed by atoms with Crippen molar-refractivity contribution < 1.29 is 14.3 Å². The number of alkyl halides is 1. The van der Waals surface area contributed by atoms with Crippen LogP contribution in [0.2, 0.25) is 0 Å². The highest BCUT2D eigenvalue weighted by atomic mass is 19.1. The van der Waals surface area contributed by atoms with Crippen molar-refractivity contribution in [2.24, 2.45) is 0 Å². The molecule has 2 saturated carbocycles. The maximum Gasteiger partial charge on any atom is 0.274 e. The third kappa shape index (κ3) is 4.04. The number of carbonyl (C=O) groups is 1. The molecule has 0 spiro atoms. The number of amides is 1. The van der Waals surface area contributed by atoms with E-state index in [-0.39, 0.29) is 23.6 Å². The Bertz CT molecular complexity index is 1250. The van der Waals surface area contributed by atoms with Crippen molar-refractivity contribution in [2.75, 3.05) is 17.7 Å². The van der Waals surface area contributed by atoms with Gasteiger partial charge in [-0.25, -0.2) is 9.37 Å². The summed E-state index contributed by atoms with van der Waals surface area (Å²) in [6.45, 7) is 0. The molecule has 11 heteroatoms. The first-order chi connectivity index (χ1) is 15.9. The molecule has 0 saturated heterocycles. The molecular weight excluding hydrogens is 429 g/mol. The van der Waals surface area contributed by atoms with Gasteiger partial charge in [-0.2, -0.15) is 9.61 Å². The van der Waals surface area contributed by atoms with Crippen LogP contribution in [0.5, 0.6) is 0 Å².